The fourth-order valence-corrected chi connectivity index (χ4v) is 3.07. The van der Waals surface area contributed by atoms with E-state index in [1.807, 2.05) is 39.0 Å². The van der Waals surface area contributed by atoms with Gasteiger partial charge in [-0.2, -0.15) is 0 Å². The van der Waals surface area contributed by atoms with E-state index in [0.29, 0.717) is 12.4 Å². The first-order chi connectivity index (χ1) is 11.1. The number of pyridine rings is 1. The largest absolute Gasteiger partial charge is 0.365 e. The number of hydrogen-bond donors (Lipinski definition) is 2. The Hall–Kier alpha value is -2.14. The number of rotatable bonds is 5. The first kappa shape index (κ1) is 15.7. The van der Waals surface area contributed by atoms with Crippen LogP contribution in [0, 0.1) is 13.8 Å². The second-order valence-electron chi connectivity index (χ2n) is 6.16. The van der Waals surface area contributed by atoms with Gasteiger partial charge in [0.2, 0.25) is 0 Å². The fraction of sp³-hybridized carbons (Fsp3) is 0.444. The molecule has 0 aliphatic heterocycles. The lowest BCUT2D eigenvalue weighted by atomic mass is 9.79. The van der Waals surface area contributed by atoms with Crippen molar-refractivity contribution in [2.45, 2.75) is 45.6 Å². The maximum atomic E-state index is 12.4. The van der Waals surface area contributed by atoms with Crippen molar-refractivity contribution in [2.75, 3.05) is 12.0 Å². The molecular weight excluding hydrogens is 290 g/mol. The molecule has 0 radical (unpaired) electrons. The van der Waals surface area contributed by atoms with Crippen LogP contribution in [0.4, 0.5) is 5.82 Å². The zero-order chi connectivity index (χ0) is 16.4. The lowest BCUT2D eigenvalue weighted by Gasteiger charge is -2.39. The van der Waals surface area contributed by atoms with Gasteiger partial charge in [0.05, 0.1) is 5.52 Å². The highest BCUT2D eigenvalue weighted by Gasteiger charge is 2.45. The summed E-state index contributed by atoms with van der Waals surface area (Å²) < 4.78 is 5.66. The Kier molecular flexibility index (Phi) is 4.22. The molecule has 0 bridgehead atoms. The van der Waals surface area contributed by atoms with Crippen LogP contribution >= 0.6 is 0 Å². The number of ether oxygens (including phenoxy) is 1. The maximum absolute atomic E-state index is 12.4. The van der Waals surface area contributed by atoms with E-state index in [2.05, 4.69) is 21.9 Å². The SMILES string of the molecule is CCOC1(C(=O)NNc2cc(C)c3cccc(C)c3n2)CCC1. The van der Waals surface area contributed by atoms with E-state index >= 15 is 0 Å². The summed E-state index contributed by atoms with van der Waals surface area (Å²) >= 11 is 0. The maximum Gasteiger partial charge on any atom is 0.270 e. The molecule has 1 aromatic heterocycles. The summed E-state index contributed by atoms with van der Waals surface area (Å²) in [6, 6.07) is 8.07. The number of hydrazine groups is 1. The summed E-state index contributed by atoms with van der Waals surface area (Å²) in [7, 11) is 0. The van der Waals surface area contributed by atoms with Gasteiger partial charge < -0.3 is 4.74 Å². The van der Waals surface area contributed by atoms with Crippen molar-refractivity contribution in [3.63, 3.8) is 0 Å². The number of nitrogens with one attached hydrogen (secondary N) is 2. The Bertz CT molecular complexity index is 738. The predicted octanol–water partition coefficient (Wildman–Crippen LogP) is 3.25. The third-order valence-corrected chi connectivity index (χ3v) is 4.55. The molecule has 0 saturated heterocycles. The first-order valence-corrected chi connectivity index (χ1v) is 8.13. The molecule has 1 amide bonds. The molecule has 1 aromatic carbocycles. The summed E-state index contributed by atoms with van der Waals surface area (Å²) in [5.74, 6) is 0.526. The number of anilines is 1. The molecule has 0 atom stereocenters. The van der Waals surface area contributed by atoms with Crippen molar-refractivity contribution in [3.8, 4) is 0 Å². The molecule has 1 heterocycles. The number of nitrogens with zero attached hydrogens (tertiary/aromatic N) is 1. The van der Waals surface area contributed by atoms with Crippen LogP contribution in [0.15, 0.2) is 24.3 Å². The molecule has 1 saturated carbocycles. The number of carbonyl (C=O) groups is 1. The standard InChI is InChI=1S/C18H23N3O2/c1-4-23-18(9-6-10-18)17(22)21-20-15-11-13(3)14-8-5-7-12(2)16(14)19-15/h5,7-8,11H,4,6,9-10H2,1-3H3,(H,19,20)(H,21,22). The van der Waals surface area contributed by atoms with Crippen LogP contribution < -0.4 is 10.9 Å². The second kappa shape index (κ2) is 6.16. The number of hydrogen-bond acceptors (Lipinski definition) is 4. The number of para-hydroxylation sites is 1. The molecule has 3 rings (SSSR count). The van der Waals surface area contributed by atoms with E-state index in [4.69, 9.17) is 4.74 Å². The monoisotopic (exact) mass is 313 g/mol. The second-order valence-corrected chi connectivity index (χ2v) is 6.16. The molecular formula is C18H23N3O2. The highest BCUT2D eigenvalue weighted by atomic mass is 16.5. The zero-order valence-electron chi connectivity index (χ0n) is 13.9. The van der Waals surface area contributed by atoms with Crippen LogP contribution in [0.3, 0.4) is 0 Å². The van der Waals surface area contributed by atoms with Crippen LogP contribution in [-0.2, 0) is 9.53 Å². The van der Waals surface area contributed by atoms with Gasteiger partial charge in [-0.05, 0) is 57.2 Å². The van der Waals surface area contributed by atoms with E-state index < -0.39 is 5.60 Å². The van der Waals surface area contributed by atoms with Gasteiger partial charge in [-0.25, -0.2) is 4.98 Å². The smallest absolute Gasteiger partial charge is 0.270 e. The van der Waals surface area contributed by atoms with Gasteiger partial charge in [0.1, 0.15) is 11.4 Å². The Morgan fingerprint density at radius 2 is 2.09 bits per heavy atom. The lowest BCUT2D eigenvalue weighted by molar-refractivity contribution is -0.158. The number of benzene rings is 1. The van der Waals surface area contributed by atoms with Gasteiger partial charge in [-0.1, -0.05) is 18.2 Å². The van der Waals surface area contributed by atoms with Gasteiger partial charge in [-0.3, -0.25) is 15.6 Å². The van der Waals surface area contributed by atoms with Gasteiger partial charge in [0.25, 0.3) is 5.91 Å². The van der Waals surface area contributed by atoms with E-state index in [9.17, 15) is 4.79 Å². The number of aryl methyl sites for hydroxylation is 2. The molecule has 1 aliphatic carbocycles. The molecule has 122 valence electrons. The number of aromatic nitrogens is 1. The molecule has 1 fully saturated rings. The zero-order valence-corrected chi connectivity index (χ0v) is 13.9. The first-order valence-electron chi connectivity index (χ1n) is 8.13. The minimum Gasteiger partial charge on any atom is -0.365 e. The molecule has 5 nitrogen and oxygen atoms in total. The Morgan fingerprint density at radius 1 is 1.30 bits per heavy atom. The average molecular weight is 313 g/mol. The van der Waals surface area contributed by atoms with Crippen LogP contribution in [-0.4, -0.2) is 23.1 Å². The Balaban J connectivity index is 1.77. The fourth-order valence-electron chi connectivity index (χ4n) is 3.07. The minimum absolute atomic E-state index is 0.116. The molecule has 2 N–H and O–H groups in total. The summed E-state index contributed by atoms with van der Waals surface area (Å²) in [5.41, 5.74) is 8.24. The minimum atomic E-state index is -0.663. The average Bonchev–Trinajstić information content (AvgIpc) is 2.49. The van der Waals surface area contributed by atoms with E-state index in [1.54, 1.807) is 0 Å². The highest BCUT2D eigenvalue weighted by molar-refractivity contribution is 5.88. The Labute approximate surface area is 136 Å². The summed E-state index contributed by atoms with van der Waals surface area (Å²) in [6.07, 6.45) is 2.58. The molecule has 1 aliphatic rings. The molecule has 0 unspecified atom stereocenters. The molecule has 5 heteroatoms. The van der Waals surface area contributed by atoms with Crippen molar-refractivity contribution in [2.24, 2.45) is 0 Å². The van der Waals surface area contributed by atoms with Crippen LogP contribution in [0.1, 0.15) is 37.3 Å². The quantitative estimate of drug-likeness (QED) is 0.832. The van der Waals surface area contributed by atoms with E-state index in [1.165, 1.54) is 0 Å². The number of fused-ring (bicyclic) bond motifs is 1. The van der Waals surface area contributed by atoms with Crippen LogP contribution in [0.5, 0.6) is 0 Å². The van der Waals surface area contributed by atoms with Gasteiger partial charge in [0, 0.05) is 12.0 Å². The Morgan fingerprint density at radius 3 is 2.74 bits per heavy atom. The highest BCUT2D eigenvalue weighted by Crippen LogP contribution is 2.35. The third-order valence-electron chi connectivity index (χ3n) is 4.55. The summed E-state index contributed by atoms with van der Waals surface area (Å²) in [6.45, 7) is 6.54. The van der Waals surface area contributed by atoms with Crippen molar-refractivity contribution < 1.29 is 9.53 Å². The summed E-state index contributed by atoms with van der Waals surface area (Å²) in [5, 5.41) is 1.13. The normalized spacial score (nSPS) is 16.0. The van der Waals surface area contributed by atoms with Crippen LogP contribution in [0.25, 0.3) is 10.9 Å². The summed E-state index contributed by atoms with van der Waals surface area (Å²) in [4.78, 5) is 17.0. The number of carbonyl (C=O) groups excluding carboxylic acids is 1. The number of amides is 1. The van der Waals surface area contributed by atoms with Gasteiger partial charge in [-0.15, -0.1) is 0 Å². The van der Waals surface area contributed by atoms with Crippen LogP contribution in [0.2, 0.25) is 0 Å². The molecule has 23 heavy (non-hydrogen) atoms. The molecule has 2 aromatic rings. The van der Waals surface area contributed by atoms with E-state index in [0.717, 1.165) is 41.3 Å². The topological polar surface area (TPSA) is 63.2 Å². The van der Waals surface area contributed by atoms with E-state index in [-0.39, 0.29) is 5.91 Å². The van der Waals surface area contributed by atoms with Crippen molar-refractivity contribution in [1.82, 2.24) is 10.4 Å². The van der Waals surface area contributed by atoms with Gasteiger partial charge >= 0.3 is 0 Å². The van der Waals surface area contributed by atoms with Crippen molar-refractivity contribution in [1.29, 1.82) is 0 Å². The third kappa shape index (κ3) is 2.88. The lowest BCUT2D eigenvalue weighted by Crippen LogP contribution is -2.55. The molecule has 0 spiro atoms. The predicted molar refractivity (Wildman–Crippen MR) is 91.2 cm³/mol. The van der Waals surface area contributed by atoms with Crippen molar-refractivity contribution >= 4 is 22.6 Å². The van der Waals surface area contributed by atoms with Gasteiger partial charge in [0.15, 0.2) is 0 Å². The van der Waals surface area contributed by atoms with Crippen molar-refractivity contribution in [3.05, 3.63) is 35.4 Å².